The largest absolute Gasteiger partial charge is 0.411 e. The van der Waals surface area contributed by atoms with Gasteiger partial charge in [-0.3, -0.25) is 0 Å². The van der Waals surface area contributed by atoms with E-state index in [1.807, 2.05) is 38.1 Å². The lowest BCUT2D eigenvalue weighted by molar-refractivity contribution is 0.314. The van der Waals surface area contributed by atoms with E-state index in [9.17, 15) is 0 Å². The molecule has 0 unspecified atom stereocenters. The van der Waals surface area contributed by atoms with E-state index in [1.54, 1.807) is 6.92 Å². The zero-order chi connectivity index (χ0) is 11.5. The molecule has 15 heavy (non-hydrogen) atoms. The fraction of sp³-hybridized carbons (Fsp3) is 0.364. The van der Waals surface area contributed by atoms with Crippen LogP contribution in [0.15, 0.2) is 33.9 Å². The third-order valence-electron chi connectivity index (χ3n) is 2.34. The highest BCUT2D eigenvalue weighted by Gasteiger charge is 2.21. The van der Waals surface area contributed by atoms with Crippen LogP contribution in [0.1, 0.15) is 20.8 Å². The van der Waals surface area contributed by atoms with Crippen molar-refractivity contribution in [3.63, 3.8) is 0 Å². The Morgan fingerprint density at radius 3 is 2.67 bits per heavy atom. The fourth-order valence-corrected chi connectivity index (χ4v) is 1.54. The third kappa shape index (κ3) is 3.23. The summed E-state index contributed by atoms with van der Waals surface area (Å²) >= 11 is 3.40. The molecule has 0 saturated heterocycles. The van der Waals surface area contributed by atoms with E-state index >= 15 is 0 Å². The van der Waals surface area contributed by atoms with E-state index in [1.165, 1.54) is 0 Å². The van der Waals surface area contributed by atoms with Crippen molar-refractivity contribution < 1.29 is 5.21 Å². The lowest BCUT2D eigenvalue weighted by Gasteiger charge is -2.26. The fourth-order valence-electron chi connectivity index (χ4n) is 1.14. The van der Waals surface area contributed by atoms with Gasteiger partial charge in [-0.2, -0.15) is 0 Å². The predicted octanol–water partition coefficient (Wildman–Crippen LogP) is 3.49. The molecule has 0 aromatic heterocycles. The first-order chi connectivity index (χ1) is 6.95. The van der Waals surface area contributed by atoms with Crippen molar-refractivity contribution in [3.8, 4) is 0 Å². The Bertz CT molecular complexity index is 375. The SMILES string of the molecule is C/C(=N/O)C(C)(C)Nc1cccc(Br)c1. The van der Waals surface area contributed by atoms with Crippen LogP contribution in [0.3, 0.4) is 0 Å². The summed E-state index contributed by atoms with van der Waals surface area (Å²) in [5.74, 6) is 0. The van der Waals surface area contributed by atoms with E-state index in [-0.39, 0.29) is 5.54 Å². The highest BCUT2D eigenvalue weighted by atomic mass is 79.9. The van der Waals surface area contributed by atoms with Crippen molar-refractivity contribution in [2.75, 3.05) is 5.32 Å². The number of hydrogen-bond donors (Lipinski definition) is 2. The predicted molar refractivity (Wildman–Crippen MR) is 66.7 cm³/mol. The molecule has 3 nitrogen and oxygen atoms in total. The van der Waals surface area contributed by atoms with Crippen LogP contribution in [-0.4, -0.2) is 16.5 Å². The second kappa shape index (κ2) is 4.66. The molecule has 4 heteroatoms. The molecular formula is C11H15BrN2O. The quantitative estimate of drug-likeness (QED) is 0.502. The van der Waals surface area contributed by atoms with Gasteiger partial charge in [0.25, 0.3) is 0 Å². The Labute approximate surface area is 98.3 Å². The maximum Gasteiger partial charge on any atom is 0.0787 e. The number of halogens is 1. The van der Waals surface area contributed by atoms with Crippen molar-refractivity contribution >= 4 is 27.3 Å². The Morgan fingerprint density at radius 1 is 1.47 bits per heavy atom. The molecule has 0 fully saturated rings. The van der Waals surface area contributed by atoms with Crippen LogP contribution in [0, 0.1) is 0 Å². The van der Waals surface area contributed by atoms with Crippen molar-refractivity contribution in [2.24, 2.45) is 5.16 Å². The van der Waals surface area contributed by atoms with Crippen LogP contribution in [0.5, 0.6) is 0 Å². The molecule has 0 aliphatic heterocycles. The Balaban J connectivity index is 2.86. The minimum atomic E-state index is -0.366. The average molecular weight is 271 g/mol. The summed E-state index contributed by atoms with van der Waals surface area (Å²) in [7, 11) is 0. The van der Waals surface area contributed by atoms with E-state index < -0.39 is 0 Å². The third-order valence-corrected chi connectivity index (χ3v) is 2.83. The van der Waals surface area contributed by atoms with Gasteiger partial charge in [0.05, 0.1) is 11.3 Å². The normalized spacial score (nSPS) is 12.7. The lowest BCUT2D eigenvalue weighted by atomic mass is 9.99. The molecule has 0 amide bonds. The Kier molecular flexibility index (Phi) is 3.74. The molecule has 0 spiro atoms. The summed E-state index contributed by atoms with van der Waals surface area (Å²) in [5, 5.41) is 15.3. The van der Waals surface area contributed by atoms with E-state index in [2.05, 4.69) is 26.4 Å². The number of oxime groups is 1. The summed E-state index contributed by atoms with van der Waals surface area (Å²) in [6, 6.07) is 7.86. The zero-order valence-electron chi connectivity index (χ0n) is 9.08. The Hall–Kier alpha value is -1.03. The van der Waals surface area contributed by atoms with Crippen LogP contribution in [0.25, 0.3) is 0 Å². The molecule has 1 aromatic rings. The minimum absolute atomic E-state index is 0.366. The van der Waals surface area contributed by atoms with E-state index in [0.717, 1.165) is 10.2 Å². The van der Waals surface area contributed by atoms with Gasteiger partial charge in [-0.25, -0.2) is 0 Å². The van der Waals surface area contributed by atoms with Gasteiger partial charge in [0, 0.05) is 10.2 Å². The number of rotatable bonds is 3. The molecule has 0 aliphatic rings. The maximum atomic E-state index is 8.74. The number of hydrogen-bond acceptors (Lipinski definition) is 3. The molecule has 0 radical (unpaired) electrons. The smallest absolute Gasteiger partial charge is 0.0787 e. The molecule has 0 atom stereocenters. The first-order valence-electron chi connectivity index (χ1n) is 4.68. The summed E-state index contributed by atoms with van der Waals surface area (Å²) < 4.78 is 1.02. The van der Waals surface area contributed by atoms with Gasteiger partial charge in [-0.05, 0) is 39.0 Å². The average Bonchev–Trinajstić information content (AvgIpc) is 2.15. The first kappa shape index (κ1) is 12.0. The van der Waals surface area contributed by atoms with Crippen LogP contribution in [0.4, 0.5) is 5.69 Å². The van der Waals surface area contributed by atoms with Gasteiger partial charge in [0.15, 0.2) is 0 Å². The van der Waals surface area contributed by atoms with E-state index in [0.29, 0.717) is 5.71 Å². The lowest BCUT2D eigenvalue weighted by Crippen LogP contribution is -2.38. The highest BCUT2D eigenvalue weighted by molar-refractivity contribution is 9.10. The standard InChI is InChI=1S/C11H15BrN2O/c1-8(14-15)11(2,3)13-10-6-4-5-9(12)7-10/h4-7,13,15H,1-3H3/b14-8-. The number of nitrogens with one attached hydrogen (secondary N) is 1. The molecule has 0 bridgehead atoms. The van der Waals surface area contributed by atoms with Crippen molar-refractivity contribution in [2.45, 2.75) is 26.3 Å². The second-order valence-electron chi connectivity index (χ2n) is 3.95. The molecule has 82 valence electrons. The molecule has 1 aromatic carbocycles. The minimum Gasteiger partial charge on any atom is -0.411 e. The van der Waals surface area contributed by atoms with Gasteiger partial charge in [0.1, 0.15) is 0 Å². The topological polar surface area (TPSA) is 44.6 Å². The van der Waals surface area contributed by atoms with Crippen molar-refractivity contribution in [3.05, 3.63) is 28.7 Å². The van der Waals surface area contributed by atoms with Gasteiger partial charge in [0.2, 0.25) is 0 Å². The number of benzene rings is 1. The zero-order valence-corrected chi connectivity index (χ0v) is 10.7. The summed E-state index contributed by atoms with van der Waals surface area (Å²) in [4.78, 5) is 0. The molecular weight excluding hydrogens is 256 g/mol. The van der Waals surface area contributed by atoms with Crippen molar-refractivity contribution in [1.29, 1.82) is 0 Å². The maximum absolute atomic E-state index is 8.74. The van der Waals surface area contributed by atoms with Crippen LogP contribution in [-0.2, 0) is 0 Å². The molecule has 0 aliphatic carbocycles. The van der Waals surface area contributed by atoms with Crippen LogP contribution >= 0.6 is 15.9 Å². The Morgan fingerprint density at radius 2 is 2.13 bits per heavy atom. The summed E-state index contributed by atoms with van der Waals surface area (Å²) in [6.07, 6.45) is 0. The van der Waals surface area contributed by atoms with Crippen LogP contribution in [0.2, 0.25) is 0 Å². The highest BCUT2D eigenvalue weighted by Crippen LogP contribution is 2.20. The van der Waals surface area contributed by atoms with Gasteiger partial charge >= 0.3 is 0 Å². The summed E-state index contributed by atoms with van der Waals surface area (Å²) in [6.45, 7) is 5.71. The summed E-state index contributed by atoms with van der Waals surface area (Å²) in [5.41, 5.74) is 1.26. The van der Waals surface area contributed by atoms with Gasteiger partial charge in [-0.15, -0.1) is 0 Å². The molecule has 1 rings (SSSR count). The number of anilines is 1. The number of nitrogens with zero attached hydrogens (tertiary/aromatic N) is 1. The second-order valence-corrected chi connectivity index (χ2v) is 4.86. The monoisotopic (exact) mass is 270 g/mol. The van der Waals surface area contributed by atoms with E-state index in [4.69, 9.17) is 5.21 Å². The molecule has 0 saturated carbocycles. The molecule has 0 heterocycles. The first-order valence-corrected chi connectivity index (χ1v) is 5.48. The molecule has 2 N–H and O–H groups in total. The van der Waals surface area contributed by atoms with Gasteiger partial charge in [-0.1, -0.05) is 27.2 Å². The van der Waals surface area contributed by atoms with Crippen LogP contribution < -0.4 is 5.32 Å². The van der Waals surface area contributed by atoms with Crippen molar-refractivity contribution in [1.82, 2.24) is 0 Å². The van der Waals surface area contributed by atoms with Gasteiger partial charge < -0.3 is 10.5 Å².